The first-order chi connectivity index (χ1) is 10.8. The van der Waals surface area contributed by atoms with Gasteiger partial charge in [-0.1, -0.05) is 30.3 Å². The predicted octanol–water partition coefficient (Wildman–Crippen LogP) is 2.85. The Hall–Kier alpha value is -0.900. The average molecular weight is 302 g/mol. The zero-order valence-corrected chi connectivity index (χ0v) is 13.8. The van der Waals surface area contributed by atoms with Crippen molar-refractivity contribution in [2.24, 2.45) is 0 Å². The van der Waals surface area contributed by atoms with E-state index in [1.165, 1.54) is 57.3 Å². The topological polar surface area (TPSA) is 24.5 Å². The van der Waals surface area contributed by atoms with Gasteiger partial charge in [0.15, 0.2) is 0 Å². The fraction of sp³-hybridized carbons (Fsp3) is 0.684. The maximum atomic E-state index is 5.79. The van der Waals surface area contributed by atoms with E-state index >= 15 is 0 Å². The molecular weight excluding hydrogens is 272 g/mol. The molecule has 1 aromatic carbocycles. The van der Waals surface area contributed by atoms with Gasteiger partial charge in [0.1, 0.15) is 0 Å². The maximum Gasteiger partial charge on any atom is 0.0726 e. The van der Waals surface area contributed by atoms with E-state index in [-0.39, 0.29) is 0 Å². The van der Waals surface area contributed by atoms with Crippen LogP contribution in [0.3, 0.4) is 0 Å². The summed E-state index contributed by atoms with van der Waals surface area (Å²) in [6.45, 7) is 6.88. The van der Waals surface area contributed by atoms with Crippen LogP contribution in [0.25, 0.3) is 0 Å². The quantitative estimate of drug-likeness (QED) is 0.874. The Bertz CT molecular complexity index is 422. The molecular formula is C19H30N2O. The van der Waals surface area contributed by atoms with Gasteiger partial charge in [0, 0.05) is 25.2 Å². The lowest BCUT2D eigenvalue weighted by Crippen LogP contribution is -2.48. The molecule has 3 rings (SSSR count). The van der Waals surface area contributed by atoms with E-state index in [1.807, 2.05) is 0 Å². The van der Waals surface area contributed by atoms with Gasteiger partial charge in [0.05, 0.1) is 6.10 Å². The minimum absolute atomic E-state index is 0.441. The van der Waals surface area contributed by atoms with Crippen molar-refractivity contribution < 1.29 is 4.74 Å². The van der Waals surface area contributed by atoms with Crippen molar-refractivity contribution in [3.05, 3.63) is 35.9 Å². The Morgan fingerprint density at radius 1 is 1.18 bits per heavy atom. The van der Waals surface area contributed by atoms with E-state index in [1.54, 1.807) is 0 Å². The molecule has 3 nitrogen and oxygen atoms in total. The second-order valence-corrected chi connectivity index (χ2v) is 6.86. The molecule has 0 saturated carbocycles. The van der Waals surface area contributed by atoms with Crippen LogP contribution in [0.4, 0.5) is 0 Å². The summed E-state index contributed by atoms with van der Waals surface area (Å²) in [6, 6.07) is 12.0. The molecule has 3 heteroatoms. The lowest BCUT2D eigenvalue weighted by molar-refractivity contribution is 0.0742. The molecule has 22 heavy (non-hydrogen) atoms. The maximum absolute atomic E-state index is 5.79. The fourth-order valence-electron chi connectivity index (χ4n) is 3.73. The number of benzene rings is 1. The van der Waals surface area contributed by atoms with Gasteiger partial charge >= 0.3 is 0 Å². The second kappa shape index (κ2) is 8.09. The molecule has 2 heterocycles. The largest absolute Gasteiger partial charge is 0.377 e. The van der Waals surface area contributed by atoms with Gasteiger partial charge in [-0.2, -0.15) is 0 Å². The van der Waals surface area contributed by atoms with Crippen LogP contribution in [0.5, 0.6) is 0 Å². The highest BCUT2D eigenvalue weighted by molar-refractivity contribution is 5.14. The van der Waals surface area contributed by atoms with Crippen LogP contribution in [0.1, 0.15) is 38.2 Å². The van der Waals surface area contributed by atoms with Gasteiger partial charge in [-0.3, -0.25) is 0 Å². The summed E-state index contributed by atoms with van der Waals surface area (Å²) in [7, 11) is 0. The number of piperidine rings is 1. The van der Waals surface area contributed by atoms with E-state index in [0.29, 0.717) is 18.2 Å². The average Bonchev–Trinajstić information content (AvgIpc) is 3.10. The zero-order valence-electron chi connectivity index (χ0n) is 13.8. The van der Waals surface area contributed by atoms with Crippen LogP contribution < -0.4 is 5.32 Å². The minimum Gasteiger partial charge on any atom is -0.377 e. The molecule has 1 N–H and O–H groups in total. The van der Waals surface area contributed by atoms with Crippen molar-refractivity contribution in [2.75, 3.05) is 26.2 Å². The van der Waals surface area contributed by atoms with E-state index in [4.69, 9.17) is 4.74 Å². The number of likely N-dealkylation sites (tertiary alicyclic amines) is 1. The Kier molecular flexibility index (Phi) is 5.88. The number of hydrogen-bond acceptors (Lipinski definition) is 3. The van der Waals surface area contributed by atoms with Gasteiger partial charge in [0.25, 0.3) is 0 Å². The predicted molar refractivity (Wildman–Crippen MR) is 91.2 cm³/mol. The molecule has 2 atom stereocenters. The summed E-state index contributed by atoms with van der Waals surface area (Å²) in [5, 5.41) is 3.80. The zero-order chi connectivity index (χ0) is 15.2. The SMILES string of the molecule is C[C@H](NC1CCN(CCc2ccccc2)CC1)[C@H]1CCCO1. The Labute approximate surface area is 135 Å². The van der Waals surface area contributed by atoms with Crippen molar-refractivity contribution in [1.82, 2.24) is 10.2 Å². The van der Waals surface area contributed by atoms with Gasteiger partial charge in [0.2, 0.25) is 0 Å². The van der Waals surface area contributed by atoms with Crippen LogP contribution in [-0.2, 0) is 11.2 Å². The molecule has 0 spiro atoms. The molecule has 1 aromatic rings. The molecule has 0 aromatic heterocycles. The molecule has 2 aliphatic heterocycles. The monoisotopic (exact) mass is 302 g/mol. The highest BCUT2D eigenvalue weighted by atomic mass is 16.5. The molecule has 122 valence electrons. The first kappa shape index (κ1) is 16.0. The van der Waals surface area contributed by atoms with Crippen LogP contribution >= 0.6 is 0 Å². The summed E-state index contributed by atoms with van der Waals surface area (Å²) >= 11 is 0. The summed E-state index contributed by atoms with van der Waals surface area (Å²) in [4.78, 5) is 2.61. The normalized spacial score (nSPS) is 25.4. The van der Waals surface area contributed by atoms with Crippen LogP contribution in [0.15, 0.2) is 30.3 Å². The number of rotatable bonds is 6. The second-order valence-electron chi connectivity index (χ2n) is 6.86. The van der Waals surface area contributed by atoms with Gasteiger partial charge in [-0.05, 0) is 57.7 Å². The number of ether oxygens (including phenoxy) is 1. The molecule has 0 unspecified atom stereocenters. The van der Waals surface area contributed by atoms with Gasteiger partial charge < -0.3 is 15.0 Å². The summed E-state index contributed by atoms with van der Waals surface area (Å²) in [5.41, 5.74) is 1.45. The molecule has 0 aliphatic carbocycles. The van der Waals surface area contributed by atoms with E-state index in [0.717, 1.165) is 6.61 Å². The highest BCUT2D eigenvalue weighted by Crippen LogP contribution is 2.18. The lowest BCUT2D eigenvalue weighted by Gasteiger charge is -2.35. The number of nitrogens with one attached hydrogen (secondary N) is 1. The molecule has 0 amide bonds. The molecule has 0 bridgehead atoms. The minimum atomic E-state index is 0.441. The number of nitrogens with zero attached hydrogens (tertiary/aromatic N) is 1. The van der Waals surface area contributed by atoms with Gasteiger partial charge in [-0.15, -0.1) is 0 Å². The summed E-state index contributed by atoms with van der Waals surface area (Å²) in [5.74, 6) is 0. The number of hydrogen-bond donors (Lipinski definition) is 1. The van der Waals surface area contributed by atoms with E-state index < -0.39 is 0 Å². The fourth-order valence-corrected chi connectivity index (χ4v) is 3.73. The molecule has 2 fully saturated rings. The standard InChI is InChI=1S/C19H30N2O/c1-16(19-8-5-15-22-19)20-18-10-13-21(14-11-18)12-9-17-6-3-2-4-7-17/h2-4,6-7,16,18-20H,5,8-15H2,1H3/t16-,19+/m0/s1. The highest BCUT2D eigenvalue weighted by Gasteiger charge is 2.26. The Morgan fingerprint density at radius 2 is 1.95 bits per heavy atom. The molecule has 0 radical (unpaired) electrons. The third-order valence-electron chi connectivity index (χ3n) is 5.17. The first-order valence-corrected chi connectivity index (χ1v) is 8.95. The van der Waals surface area contributed by atoms with Gasteiger partial charge in [-0.25, -0.2) is 0 Å². The lowest BCUT2D eigenvalue weighted by atomic mass is 10.0. The smallest absolute Gasteiger partial charge is 0.0726 e. The van der Waals surface area contributed by atoms with Crippen molar-refractivity contribution in [2.45, 2.75) is 57.2 Å². The Morgan fingerprint density at radius 3 is 2.64 bits per heavy atom. The molecule has 2 saturated heterocycles. The van der Waals surface area contributed by atoms with Crippen molar-refractivity contribution in [3.8, 4) is 0 Å². The van der Waals surface area contributed by atoms with Crippen molar-refractivity contribution >= 4 is 0 Å². The summed E-state index contributed by atoms with van der Waals surface area (Å²) in [6.07, 6.45) is 6.61. The first-order valence-electron chi connectivity index (χ1n) is 8.95. The van der Waals surface area contributed by atoms with Crippen molar-refractivity contribution in [3.63, 3.8) is 0 Å². The summed E-state index contributed by atoms with van der Waals surface area (Å²) < 4.78 is 5.79. The third-order valence-corrected chi connectivity index (χ3v) is 5.17. The third kappa shape index (κ3) is 4.55. The Balaban J connectivity index is 1.35. The molecule has 2 aliphatic rings. The van der Waals surface area contributed by atoms with Crippen LogP contribution in [0.2, 0.25) is 0 Å². The van der Waals surface area contributed by atoms with Crippen LogP contribution in [-0.4, -0.2) is 49.3 Å². The van der Waals surface area contributed by atoms with Crippen molar-refractivity contribution in [1.29, 1.82) is 0 Å². The van der Waals surface area contributed by atoms with E-state index in [9.17, 15) is 0 Å². The van der Waals surface area contributed by atoms with Crippen LogP contribution in [0, 0.1) is 0 Å². The van der Waals surface area contributed by atoms with E-state index in [2.05, 4.69) is 47.5 Å².